The van der Waals surface area contributed by atoms with Gasteiger partial charge in [-0.15, -0.1) is 11.3 Å². The molecule has 1 atom stereocenters. The van der Waals surface area contributed by atoms with Gasteiger partial charge in [0, 0.05) is 30.3 Å². The molecule has 0 saturated carbocycles. The molecule has 1 aromatic heterocycles. The Morgan fingerprint density at radius 1 is 1.07 bits per heavy atom. The van der Waals surface area contributed by atoms with E-state index in [1.807, 2.05) is 61.5 Å². The third-order valence-corrected chi connectivity index (χ3v) is 5.92. The van der Waals surface area contributed by atoms with E-state index in [1.165, 1.54) is 18.3 Å². The van der Waals surface area contributed by atoms with Crippen LogP contribution in [0.3, 0.4) is 0 Å². The highest BCUT2D eigenvalue weighted by Gasteiger charge is 2.33. The van der Waals surface area contributed by atoms with Crippen molar-refractivity contribution >= 4 is 28.3 Å². The molecule has 2 heterocycles. The second-order valence-corrected chi connectivity index (χ2v) is 8.12. The first-order valence-corrected chi connectivity index (χ1v) is 10.0. The number of nitrogens with zero attached hydrogens (tertiary/aromatic N) is 2. The Morgan fingerprint density at radius 3 is 2.46 bits per heavy atom. The summed E-state index contributed by atoms with van der Waals surface area (Å²) in [7, 11) is 0. The number of benzene rings is 2. The van der Waals surface area contributed by atoms with Crippen LogP contribution in [0.2, 0.25) is 0 Å². The minimum Gasteiger partial charge on any atom is -0.326 e. The van der Waals surface area contributed by atoms with Crippen LogP contribution in [0, 0.1) is 6.92 Å². The number of carbonyl (C=O) groups excluding carboxylic acids is 2. The molecule has 28 heavy (non-hydrogen) atoms. The van der Waals surface area contributed by atoms with Crippen LogP contribution >= 0.6 is 11.3 Å². The van der Waals surface area contributed by atoms with E-state index in [2.05, 4.69) is 10.3 Å². The van der Waals surface area contributed by atoms with E-state index in [9.17, 15) is 9.59 Å². The van der Waals surface area contributed by atoms with Crippen molar-refractivity contribution in [3.8, 4) is 11.3 Å². The van der Waals surface area contributed by atoms with Gasteiger partial charge in [0.25, 0.3) is 0 Å². The Kier molecular flexibility index (Phi) is 4.96. The predicted molar refractivity (Wildman–Crippen MR) is 111 cm³/mol. The van der Waals surface area contributed by atoms with Crippen molar-refractivity contribution in [2.75, 3.05) is 5.32 Å². The maximum absolute atomic E-state index is 13.0. The topological polar surface area (TPSA) is 62.3 Å². The molecule has 0 bridgehead atoms. The highest BCUT2D eigenvalue weighted by molar-refractivity contribution is 7.16. The first-order valence-electron chi connectivity index (χ1n) is 9.20. The van der Waals surface area contributed by atoms with Crippen molar-refractivity contribution in [2.45, 2.75) is 32.9 Å². The summed E-state index contributed by atoms with van der Waals surface area (Å²) in [5.74, 6) is -0.298. The Morgan fingerprint density at radius 2 is 1.75 bits per heavy atom. The molecule has 0 aliphatic carbocycles. The van der Waals surface area contributed by atoms with Gasteiger partial charge in [0.05, 0.1) is 5.69 Å². The van der Waals surface area contributed by atoms with E-state index >= 15 is 0 Å². The lowest BCUT2D eigenvalue weighted by molar-refractivity contribution is -0.138. The molecular weight excluding hydrogens is 370 g/mol. The number of anilines is 1. The zero-order valence-electron chi connectivity index (χ0n) is 15.8. The van der Waals surface area contributed by atoms with Gasteiger partial charge in [0.1, 0.15) is 6.04 Å². The highest BCUT2D eigenvalue weighted by atomic mass is 32.1. The third-order valence-electron chi connectivity index (χ3n) is 5.03. The Bertz CT molecular complexity index is 1030. The maximum Gasteiger partial charge on any atom is 0.249 e. The molecule has 0 unspecified atom stereocenters. The fraction of sp³-hybridized carbons (Fsp3) is 0.227. The van der Waals surface area contributed by atoms with E-state index in [-0.39, 0.29) is 11.8 Å². The van der Waals surface area contributed by atoms with Crippen molar-refractivity contribution in [1.29, 1.82) is 0 Å². The van der Waals surface area contributed by atoms with Gasteiger partial charge < -0.3 is 10.2 Å². The van der Waals surface area contributed by atoms with Gasteiger partial charge in [-0.3, -0.25) is 9.59 Å². The minimum atomic E-state index is -0.531. The number of fused-ring (bicyclic) bond motifs is 1. The second kappa shape index (κ2) is 7.56. The van der Waals surface area contributed by atoms with Crippen LogP contribution in [0.4, 0.5) is 5.13 Å². The molecule has 6 heteroatoms. The van der Waals surface area contributed by atoms with Crippen molar-refractivity contribution < 1.29 is 9.59 Å². The smallest absolute Gasteiger partial charge is 0.249 e. The standard InChI is InChI=1S/C22H21N3O2S/c1-14-20(16-8-4-3-5-9-16)23-22(28-14)24-21(27)19-12-17-10-6-7-11-18(17)13-25(19)15(2)26/h3-11,19H,12-13H2,1-2H3,(H,23,24,27)/t19-/m1/s1. The fourth-order valence-corrected chi connectivity index (χ4v) is 4.43. The average Bonchev–Trinajstić information content (AvgIpc) is 3.07. The Hall–Kier alpha value is -2.99. The van der Waals surface area contributed by atoms with E-state index in [0.29, 0.717) is 18.1 Å². The molecule has 142 valence electrons. The van der Waals surface area contributed by atoms with Gasteiger partial charge in [-0.2, -0.15) is 0 Å². The van der Waals surface area contributed by atoms with E-state index < -0.39 is 6.04 Å². The summed E-state index contributed by atoms with van der Waals surface area (Å²) in [6.07, 6.45) is 0.511. The lowest BCUT2D eigenvalue weighted by Gasteiger charge is -2.35. The predicted octanol–water partition coefficient (Wildman–Crippen LogP) is 4.03. The molecule has 4 rings (SSSR count). The molecule has 1 aliphatic heterocycles. The quantitative estimate of drug-likeness (QED) is 0.733. The minimum absolute atomic E-state index is 0.102. The molecule has 3 aromatic rings. The van der Waals surface area contributed by atoms with Crippen molar-refractivity contribution in [2.24, 2.45) is 0 Å². The summed E-state index contributed by atoms with van der Waals surface area (Å²) < 4.78 is 0. The fourth-order valence-electron chi connectivity index (χ4n) is 3.59. The maximum atomic E-state index is 13.0. The number of thiazole rings is 1. The Labute approximate surface area is 168 Å². The van der Waals surface area contributed by atoms with Crippen LogP contribution in [-0.4, -0.2) is 27.7 Å². The van der Waals surface area contributed by atoms with Crippen LogP contribution in [-0.2, 0) is 22.6 Å². The van der Waals surface area contributed by atoms with E-state index in [0.717, 1.165) is 27.3 Å². The van der Waals surface area contributed by atoms with Gasteiger partial charge in [-0.25, -0.2) is 4.98 Å². The summed E-state index contributed by atoms with van der Waals surface area (Å²) in [6, 6.07) is 17.3. The first-order chi connectivity index (χ1) is 13.5. The van der Waals surface area contributed by atoms with Gasteiger partial charge in [-0.05, 0) is 18.1 Å². The number of hydrogen-bond acceptors (Lipinski definition) is 4. The van der Waals surface area contributed by atoms with Gasteiger partial charge in [-0.1, -0.05) is 54.6 Å². The van der Waals surface area contributed by atoms with Gasteiger partial charge in [0.15, 0.2) is 5.13 Å². The van der Waals surface area contributed by atoms with Crippen molar-refractivity contribution in [3.63, 3.8) is 0 Å². The number of hydrogen-bond donors (Lipinski definition) is 1. The van der Waals surface area contributed by atoms with E-state index in [1.54, 1.807) is 4.90 Å². The zero-order valence-corrected chi connectivity index (χ0v) is 16.6. The van der Waals surface area contributed by atoms with Crippen LogP contribution in [0.1, 0.15) is 22.9 Å². The molecule has 2 aromatic carbocycles. The lowest BCUT2D eigenvalue weighted by atomic mass is 9.93. The molecule has 1 N–H and O–H groups in total. The number of aryl methyl sites for hydroxylation is 1. The molecule has 5 nitrogen and oxygen atoms in total. The monoisotopic (exact) mass is 391 g/mol. The largest absolute Gasteiger partial charge is 0.326 e. The number of carbonyl (C=O) groups is 2. The number of nitrogens with one attached hydrogen (secondary N) is 1. The summed E-state index contributed by atoms with van der Waals surface area (Å²) in [5, 5.41) is 3.49. The summed E-state index contributed by atoms with van der Waals surface area (Å²) >= 11 is 1.45. The summed E-state index contributed by atoms with van der Waals surface area (Å²) in [6.45, 7) is 3.96. The zero-order chi connectivity index (χ0) is 19.7. The number of aromatic nitrogens is 1. The van der Waals surface area contributed by atoms with E-state index in [4.69, 9.17) is 0 Å². The molecule has 0 radical (unpaired) electrons. The Balaban J connectivity index is 1.57. The summed E-state index contributed by atoms with van der Waals surface area (Å²) in [5.41, 5.74) is 4.10. The molecule has 2 amide bonds. The highest BCUT2D eigenvalue weighted by Crippen LogP contribution is 2.31. The van der Waals surface area contributed by atoms with Crippen LogP contribution < -0.4 is 5.32 Å². The number of rotatable bonds is 3. The first kappa shape index (κ1) is 18.4. The van der Waals surface area contributed by atoms with Crippen molar-refractivity contribution in [3.05, 3.63) is 70.6 Å². The lowest BCUT2D eigenvalue weighted by Crippen LogP contribution is -2.49. The third kappa shape index (κ3) is 3.55. The molecule has 0 spiro atoms. The van der Waals surface area contributed by atoms with Gasteiger partial charge >= 0.3 is 0 Å². The normalized spacial score (nSPS) is 15.8. The number of amides is 2. The van der Waals surface area contributed by atoms with Crippen LogP contribution in [0.25, 0.3) is 11.3 Å². The molecule has 1 aliphatic rings. The van der Waals surface area contributed by atoms with Gasteiger partial charge in [0.2, 0.25) is 11.8 Å². The van der Waals surface area contributed by atoms with Crippen molar-refractivity contribution in [1.82, 2.24) is 9.88 Å². The molecular formula is C22H21N3O2S. The van der Waals surface area contributed by atoms with Crippen LogP contribution in [0.15, 0.2) is 54.6 Å². The average molecular weight is 391 g/mol. The SMILES string of the molecule is CC(=O)N1Cc2ccccc2C[C@@H]1C(=O)Nc1nc(-c2ccccc2)c(C)s1. The van der Waals surface area contributed by atoms with Crippen LogP contribution in [0.5, 0.6) is 0 Å². The second-order valence-electron chi connectivity index (χ2n) is 6.91. The molecule has 0 fully saturated rings. The molecule has 0 saturated heterocycles. The summed E-state index contributed by atoms with van der Waals surface area (Å²) in [4.78, 5) is 32.5.